The second-order valence-corrected chi connectivity index (χ2v) is 6.03. The van der Waals surface area contributed by atoms with Gasteiger partial charge >= 0.3 is 0 Å². The van der Waals surface area contributed by atoms with Crippen LogP contribution in [0.3, 0.4) is 0 Å². The Morgan fingerprint density at radius 3 is 3.00 bits per heavy atom. The van der Waals surface area contributed by atoms with Crippen molar-refractivity contribution < 1.29 is 9.90 Å². The highest BCUT2D eigenvalue weighted by molar-refractivity contribution is 7.09. The van der Waals surface area contributed by atoms with Crippen molar-refractivity contribution in [3.8, 4) is 0 Å². The molecule has 1 fully saturated rings. The molecule has 0 bridgehead atoms. The maximum Gasteiger partial charge on any atom is 0.226 e. The van der Waals surface area contributed by atoms with Gasteiger partial charge in [-0.1, -0.05) is 6.42 Å². The number of nitrogens with zero attached hydrogens (tertiary/aromatic N) is 1. The fourth-order valence-electron chi connectivity index (χ4n) is 2.58. The maximum atomic E-state index is 11.8. The van der Waals surface area contributed by atoms with Crippen molar-refractivity contribution in [1.29, 1.82) is 0 Å². The molecule has 0 saturated heterocycles. The summed E-state index contributed by atoms with van der Waals surface area (Å²) in [6.45, 7) is 2.87. The first kappa shape index (κ1) is 13.5. The summed E-state index contributed by atoms with van der Waals surface area (Å²) in [6, 6.07) is 0. The van der Waals surface area contributed by atoms with Crippen LogP contribution in [0.5, 0.6) is 0 Å². The van der Waals surface area contributed by atoms with Crippen LogP contribution < -0.4 is 5.32 Å². The molecule has 2 rings (SSSR count). The lowest BCUT2D eigenvalue weighted by Gasteiger charge is -2.17. The molecule has 1 aliphatic rings. The lowest BCUT2D eigenvalue weighted by Crippen LogP contribution is -2.32. The van der Waals surface area contributed by atoms with Crippen LogP contribution in [0.2, 0.25) is 0 Å². The van der Waals surface area contributed by atoms with Crippen LogP contribution in [0.1, 0.15) is 30.0 Å². The molecule has 0 aliphatic heterocycles. The molecule has 0 radical (unpaired) electrons. The van der Waals surface area contributed by atoms with Gasteiger partial charge in [-0.05, 0) is 31.6 Å². The van der Waals surface area contributed by atoms with Crippen molar-refractivity contribution in [3.63, 3.8) is 0 Å². The van der Waals surface area contributed by atoms with Gasteiger partial charge in [-0.2, -0.15) is 0 Å². The van der Waals surface area contributed by atoms with E-state index in [-0.39, 0.29) is 12.5 Å². The molecule has 100 valence electrons. The highest BCUT2D eigenvalue weighted by Crippen LogP contribution is 2.30. The number of amides is 1. The summed E-state index contributed by atoms with van der Waals surface area (Å²) in [5.41, 5.74) is 0.847. The minimum Gasteiger partial charge on any atom is -0.396 e. The highest BCUT2D eigenvalue weighted by Gasteiger charge is 2.26. The molecule has 5 heteroatoms. The molecule has 2 N–H and O–H groups in total. The van der Waals surface area contributed by atoms with Gasteiger partial charge in [-0.3, -0.25) is 4.79 Å². The van der Waals surface area contributed by atoms with Gasteiger partial charge in [-0.25, -0.2) is 4.98 Å². The number of aromatic nitrogens is 1. The number of aliphatic hydroxyl groups excluding tert-OH is 1. The number of aliphatic hydroxyl groups is 1. The minimum atomic E-state index is 0.0314. The summed E-state index contributed by atoms with van der Waals surface area (Å²) in [4.78, 5) is 16.0. The molecule has 1 amide bonds. The van der Waals surface area contributed by atoms with Crippen LogP contribution in [-0.4, -0.2) is 29.1 Å². The standard InChI is InChI=1S/C13H20N2O2S/c1-9-15-12(8-18-9)5-13(17)14-6-10-3-2-4-11(10)7-16/h8,10-11,16H,2-7H2,1H3,(H,14,17). The normalized spacial score (nSPS) is 23.2. The summed E-state index contributed by atoms with van der Waals surface area (Å²) in [5.74, 6) is 0.840. The molecule has 1 heterocycles. The van der Waals surface area contributed by atoms with Crippen LogP contribution in [0, 0.1) is 18.8 Å². The molecular weight excluding hydrogens is 248 g/mol. The van der Waals surface area contributed by atoms with E-state index in [1.54, 1.807) is 11.3 Å². The van der Waals surface area contributed by atoms with Gasteiger partial charge in [0.15, 0.2) is 0 Å². The summed E-state index contributed by atoms with van der Waals surface area (Å²) in [7, 11) is 0. The Labute approximate surface area is 111 Å². The molecule has 18 heavy (non-hydrogen) atoms. The zero-order chi connectivity index (χ0) is 13.0. The van der Waals surface area contributed by atoms with Gasteiger partial charge in [0.05, 0.1) is 17.1 Å². The number of carbonyl (C=O) groups excluding carboxylic acids is 1. The average Bonchev–Trinajstić information content (AvgIpc) is 2.95. The molecule has 0 spiro atoms. The number of rotatable bonds is 5. The van der Waals surface area contributed by atoms with Crippen molar-refractivity contribution in [2.75, 3.05) is 13.2 Å². The first-order valence-electron chi connectivity index (χ1n) is 6.47. The Balaban J connectivity index is 1.74. The van der Waals surface area contributed by atoms with Crippen molar-refractivity contribution in [2.24, 2.45) is 11.8 Å². The summed E-state index contributed by atoms with van der Waals surface area (Å²) in [5, 5.41) is 15.1. The fourth-order valence-corrected chi connectivity index (χ4v) is 3.20. The van der Waals surface area contributed by atoms with Gasteiger partial charge < -0.3 is 10.4 Å². The van der Waals surface area contributed by atoms with E-state index in [1.807, 2.05) is 12.3 Å². The van der Waals surface area contributed by atoms with E-state index in [0.29, 0.717) is 24.8 Å². The van der Waals surface area contributed by atoms with E-state index < -0.39 is 0 Å². The smallest absolute Gasteiger partial charge is 0.226 e. The SMILES string of the molecule is Cc1nc(CC(=O)NCC2CCCC2CO)cs1. The fraction of sp³-hybridized carbons (Fsp3) is 0.692. The number of nitrogens with one attached hydrogen (secondary N) is 1. The molecule has 1 aromatic heterocycles. The van der Waals surface area contributed by atoms with Crippen LogP contribution in [0.4, 0.5) is 0 Å². The average molecular weight is 268 g/mol. The Morgan fingerprint density at radius 2 is 2.33 bits per heavy atom. The summed E-state index contributed by atoms with van der Waals surface area (Å²) < 4.78 is 0. The van der Waals surface area contributed by atoms with Crippen molar-refractivity contribution in [1.82, 2.24) is 10.3 Å². The van der Waals surface area contributed by atoms with Gasteiger partial charge in [0.25, 0.3) is 0 Å². The number of hydrogen-bond acceptors (Lipinski definition) is 4. The van der Waals surface area contributed by atoms with Gasteiger partial charge in [0.2, 0.25) is 5.91 Å². The monoisotopic (exact) mass is 268 g/mol. The Kier molecular flexibility index (Phi) is 4.72. The van der Waals surface area contributed by atoms with Crippen LogP contribution in [0.25, 0.3) is 0 Å². The highest BCUT2D eigenvalue weighted by atomic mass is 32.1. The third-order valence-corrected chi connectivity index (χ3v) is 4.44. The lowest BCUT2D eigenvalue weighted by molar-refractivity contribution is -0.120. The lowest BCUT2D eigenvalue weighted by atomic mass is 9.97. The zero-order valence-electron chi connectivity index (χ0n) is 10.7. The third kappa shape index (κ3) is 3.53. The van der Waals surface area contributed by atoms with E-state index >= 15 is 0 Å². The molecule has 1 saturated carbocycles. The molecule has 2 unspecified atom stereocenters. The van der Waals surface area contributed by atoms with Gasteiger partial charge in [0, 0.05) is 18.5 Å². The first-order valence-corrected chi connectivity index (χ1v) is 7.35. The van der Waals surface area contributed by atoms with Crippen molar-refractivity contribution in [2.45, 2.75) is 32.6 Å². The Morgan fingerprint density at radius 1 is 1.56 bits per heavy atom. The summed E-state index contributed by atoms with van der Waals surface area (Å²) >= 11 is 1.57. The molecule has 4 nitrogen and oxygen atoms in total. The number of aryl methyl sites for hydroxylation is 1. The van der Waals surface area contributed by atoms with E-state index in [4.69, 9.17) is 0 Å². The van der Waals surface area contributed by atoms with Crippen molar-refractivity contribution in [3.05, 3.63) is 16.1 Å². The van der Waals surface area contributed by atoms with E-state index in [2.05, 4.69) is 10.3 Å². The number of thiazole rings is 1. The second-order valence-electron chi connectivity index (χ2n) is 4.97. The molecular formula is C13H20N2O2S. The van der Waals surface area contributed by atoms with E-state index in [9.17, 15) is 9.90 Å². The quantitative estimate of drug-likeness (QED) is 0.851. The van der Waals surface area contributed by atoms with Crippen LogP contribution in [0.15, 0.2) is 5.38 Å². The van der Waals surface area contributed by atoms with Gasteiger partial charge in [0.1, 0.15) is 0 Å². The van der Waals surface area contributed by atoms with Crippen LogP contribution in [-0.2, 0) is 11.2 Å². The van der Waals surface area contributed by atoms with E-state index in [1.165, 1.54) is 0 Å². The third-order valence-electron chi connectivity index (χ3n) is 3.62. The number of hydrogen-bond donors (Lipinski definition) is 2. The molecule has 0 aromatic carbocycles. The molecule has 1 aliphatic carbocycles. The minimum absolute atomic E-state index is 0.0314. The number of carbonyl (C=O) groups is 1. The molecule has 1 aromatic rings. The van der Waals surface area contributed by atoms with E-state index in [0.717, 1.165) is 30.0 Å². The summed E-state index contributed by atoms with van der Waals surface area (Å²) in [6.07, 6.45) is 3.72. The zero-order valence-corrected chi connectivity index (χ0v) is 11.5. The maximum absolute atomic E-state index is 11.8. The predicted molar refractivity (Wildman–Crippen MR) is 71.5 cm³/mol. The van der Waals surface area contributed by atoms with Crippen molar-refractivity contribution >= 4 is 17.2 Å². The largest absolute Gasteiger partial charge is 0.396 e. The molecule has 2 atom stereocenters. The Bertz CT molecular complexity index is 405. The predicted octanol–water partition coefficient (Wildman–Crippen LogP) is 1.52. The Hall–Kier alpha value is -0.940. The van der Waals surface area contributed by atoms with Gasteiger partial charge in [-0.15, -0.1) is 11.3 Å². The first-order chi connectivity index (χ1) is 8.69. The van der Waals surface area contributed by atoms with Crippen LogP contribution >= 0.6 is 11.3 Å². The second kappa shape index (κ2) is 6.29. The topological polar surface area (TPSA) is 62.2 Å².